The van der Waals surface area contributed by atoms with E-state index in [0.717, 1.165) is 31.7 Å². The lowest BCUT2D eigenvalue weighted by Crippen LogP contribution is -2.26. The molecule has 3 nitrogen and oxygen atoms in total. The Kier molecular flexibility index (Phi) is 5.95. The van der Waals surface area contributed by atoms with Crippen LogP contribution in [0.3, 0.4) is 0 Å². The van der Waals surface area contributed by atoms with Crippen molar-refractivity contribution in [1.29, 1.82) is 0 Å². The summed E-state index contributed by atoms with van der Waals surface area (Å²) in [4.78, 5) is 6.79. The van der Waals surface area contributed by atoms with E-state index in [0.29, 0.717) is 0 Å². The van der Waals surface area contributed by atoms with E-state index in [1.54, 1.807) is 0 Å². The lowest BCUT2D eigenvalue weighted by Gasteiger charge is -2.23. The zero-order valence-electron chi connectivity index (χ0n) is 16.0. The molecule has 0 saturated carbocycles. The van der Waals surface area contributed by atoms with Gasteiger partial charge in [-0.1, -0.05) is 60.7 Å². The highest BCUT2D eigenvalue weighted by Gasteiger charge is 2.11. The maximum Gasteiger partial charge on any atom is 0.0636 e. The number of pyridine rings is 1. The van der Waals surface area contributed by atoms with Crippen LogP contribution in [-0.2, 0) is 19.5 Å². The first-order valence-electron chi connectivity index (χ1n) is 9.75. The van der Waals surface area contributed by atoms with Crippen LogP contribution in [0.4, 0.5) is 0 Å². The molecule has 0 amide bonds. The highest BCUT2D eigenvalue weighted by atomic mass is 15.1. The smallest absolute Gasteiger partial charge is 0.0636 e. The Balaban J connectivity index is 1.53. The molecule has 0 aliphatic carbocycles. The number of benzene rings is 2. The second kappa shape index (κ2) is 9.16. The average molecular weight is 367 g/mol. The first kappa shape index (κ1) is 18.2. The number of hydrogen-bond acceptors (Lipinski definition) is 2. The fraction of sp³-hybridized carbons (Fsp3) is 0.160. The molecule has 0 spiro atoms. The van der Waals surface area contributed by atoms with Crippen LogP contribution in [0.5, 0.6) is 0 Å². The van der Waals surface area contributed by atoms with Crippen LogP contribution < -0.4 is 0 Å². The summed E-state index contributed by atoms with van der Waals surface area (Å²) in [5.41, 5.74) is 5.10. The SMILES string of the molecule is c1ccc(CCN(Cc2ccccc2)Cc2cccn2-c2cccnc2)cc1. The third kappa shape index (κ3) is 4.76. The summed E-state index contributed by atoms with van der Waals surface area (Å²) in [6, 6.07) is 29.8. The quantitative estimate of drug-likeness (QED) is 0.431. The largest absolute Gasteiger partial charge is 0.318 e. The molecular formula is C25H25N3. The van der Waals surface area contributed by atoms with E-state index in [9.17, 15) is 0 Å². The van der Waals surface area contributed by atoms with Crippen molar-refractivity contribution in [1.82, 2.24) is 14.5 Å². The van der Waals surface area contributed by atoms with E-state index in [-0.39, 0.29) is 0 Å². The van der Waals surface area contributed by atoms with Crippen LogP contribution in [0.15, 0.2) is 104 Å². The molecule has 2 aromatic heterocycles. The Morgan fingerprint density at radius 3 is 2.18 bits per heavy atom. The van der Waals surface area contributed by atoms with Crippen LogP contribution in [0.2, 0.25) is 0 Å². The average Bonchev–Trinajstić information content (AvgIpc) is 3.22. The maximum absolute atomic E-state index is 4.27. The van der Waals surface area contributed by atoms with Gasteiger partial charge in [-0.2, -0.15) is 0 Å². The van der Waals surface area contributed by atoms with Gasteiger partial charge in [-0.05, 0) is 41.8 Å². The molecule has 0 N–H and O–H groups in total. The molecule has 0 fully saturated rings. The molecule has 0 bridgehead atoms. The van der Waals surface area contributed by atoms with E-state index >= 15 is 0 Å². The molecule has 0 atom stereocenters. The van der Waals surface area contributed by atoms with Crippen LogP contribution in [-0.4, -0.2) is 21.0 Å². The molecule has 0 radical (unpaired) electrons. The van der Waals surface area contributed by atoms with Crippen molar-refractivity contribution in [3.63, 3.8) is 0 Å². The predicted octanol–water partition coefficient (Wildman–Crippen LogP) is 5.12. The van der Waals surface area contributed by atoms with E-state index in [1.807, 2.05) is 18.5 Å². The first-order valence-corrected chi connectivity index (χ1v) is 9.75. The van der Waals surface area contributed by atoms with Gasteiger partial charge in [0.1, 0.15) is 0 Å². The van der Waals surface area contributed by atoms with Crippen molar-refractivity contribution in [2.45, 2.75) is 19.5 Å². The normalized spacial score (nSPS) is 11.0. The maximum atomic E-state index is 4.27. The fourth-order valence-corrected chi connectivity index (χ4v) is 3.51. The van der Waals surface area contributed by atoms with Gasteiger partial charge in [0, 0.05) is 37.7 Å². The van der Waals surface area contributed by atoms with E-state index in [2.05, 4.69) is 99.5 Å². The van der Waals surface area contributed by atoms with Gasteiger partial charge in [0.25, 0.3) is 0 Å². The molecule has 0 aliphatic rings. The molecule has 2 aromatic carbocycles. The molecule has 0 saturated heterocycles. The van der Waals surface area contributed by atoms with Crippen LogP contribution in [0.1, 0.15) is 16.8 Å². The highest BCUT2D eigenvalue weighted by molar-refractivity contribution is 5.32. The third-order valence-electron chi connectivity index (χ3n) is 4.95. The second-order valence-electron chi connectivity index (χ2n) is 7.01. The lowest BCUT2D eigenvalue weighted by atomic mass is 10.1. The summed E-state index contributed by atoms with van der Waals surface area (Å²) in [6.45, 7) is 2.84. The minimum absolute atomic E-state index is 0.892. The molecule has 4 rings (SSSR count). The van der Waals surface area contributed by atoms with Crippen molar-refractivity contribution in [2.75, 3.05) is 6.54 Å². The number of nitrogens with zero attached hydrogens (tertiary/aromatic N) is 3. The van der Waals surface area contributed by atoms with Gasteiger partial charge in [0.05, 0.1) is 11.9 Å². The molecular weight excluding hydrogens is 342 g/mol. The molecule has 0 aliphatic heterocycles. The summed E-state index contributed by atoms with van der Waals surface area (Å²) >= 11 is 0. The summed E-state index contributed by atoms with van der Waals surface area (Å²) in [5.74, 6) is 0. The molecule has 28 heavy (non-hydrogen) atoms. The van der Waals surface area contributed by atoms with Gasteiger partial charge < -0.3 is 4.57 Å². The molecule has 0 unspecified atom stereocenters. The minimum Gasteiger partial charge on any atom is -0.318 e. The highest BCUT2D eigenvalue weighted by Crippen LogP contribution is 2.16. The molecule has 2 heterocycles. The van der Waals surface area contributed by atoms with E-state index in [1.165, 1.54) is 16.8 Å². The van der Waals surface area contributed by atoms with Gasteiger partial charge in [-0.15, -0.1) is 0 Å². The zero-order chi connectivity index (χ0) is 19.0. The van der Waals surface area contributed by atoms with Crippen molar-refractivity contribution < 1.29 is 0 Å². The minimum atomic E-state index is 0.892. The monoisotopic (exact) mass is 367 g/mol. The van der Waals surface area contributed by atoms with Gasteiger partial charge in [-0.3, -0.25) is 9.88 Å². The Morgan fingerprint density at radius 2 is 1.46 bits per heavy atom. The summed E-state index contributed by atoms with van der Waals surface area (Å²) in [7, 11) is 0. The standard InChI is InChI=1S/C25H25N3/c1-3-9-22(10-4-1)15-18-27(20-23-11-5-2-6-12-23)21-25-14-8-17-28(25)24-13-7-16-26-19-24/h1-14,16-17,19H,15,18,20-21H2. The van der Waals surface area contributed by atoms with Gasteiger partial charge in [0.15, 0.2) is 0 Å². The van der Waals surface area contributed by atoms with Crippen molar-refractivity contribution in [3.8, 4) is 5.69 Å². The Bertz CT molecular complexity index is 962. The van der Waals surface area contributed by atoms with Gasteiger partial charge in [0.2, 0.25) is 0 Å². The van der Waals surface area contributed by atoms with E-state index < -0.39 is 0 Å². The number of aromatic nitrogens is 2. The second-order valence-corrected chi connectivity index (χ2v) is 7.01. The van der Waals surface area contributed by atoms with Crippen LogP contribution >= 0.6 is 0 Å². The Labute approximate surface area is 166 Å². The topological polar surface area (TPSA) is 21.1 Å². The molecule has 4 aromatic rings. The fourth-order valence-electron chi connectivity index (χ4n) is 3.51. The van der Waals surface area contributed by atoms with E-state index in [4.69, 9.17) is 0 Å². The Morgan fingerprint density at radius 1 is 0.714 bits per heavy atom. The molecule has 140 valence electrons. The van der Waals surface area contributed by atoms with Gasteiger partial charge in [-0.25, -0.2) is 0 Å². The van der Waals surface area contributed by atoms with Crippen LogP contribution in [0, 0.1) is 0 Å². The first-order chi connectivity index (χ1) is 13.9. The zero-order valence-corrected chi connectivity index (χ0v) is 16.0. The van der Waals surface area contributed by atoms with Crippen molar-refractivity contribution >= 4 is 0 Å². The summed E-state index contributed by atoms with van der Waals surface area (Å²) in [5, 5.41) is 0. The predicted molar refractivity (Wildman–Crippen MR) is 114 cm³/mol. The Hall–Kier alpha value is -3.17. The number of hydrogen-bond donors (Lipinski definition) is 0. The third-order valence-corrected chi connectivity index (χ3v) is 4.95. The molecule has 3 heteroatoms. The number of rotatable bonds is 8. The van der Waals surface area contributed by atoms with Crippen molar-refractivity contribution in [2.24, 2.45) is 0 Å². The lowest BCUT2D eigenvalue weighted by molar-refractivity contribution is 0.255. The summed E-state index contributed by atoms with van der Waals surface area (Å²) in [6.07, 6.45) is 6.88. The summed E-state index contributed by atoms with van der Waals surface area (Å²) < 4.78 is 2.23. The van der Waals surface area contributed by atoms with Crippen LogP contribution in [0.25, 0.3) is 5.69 Å². The van der Waals surface area contributed by atoms with Gasteiger partial charge >= 0.3 is 0 Å². The van der Waals surface area contributed by atoms with Crippen molar-refractivity contribution in [3.05, 3.63) is 120 Å².